The highest BCUT2D eigenvalue weighted by Gasteiger charge is 2.22. The van der Waals surface area contributed by atoms with Crippen LogP contribution in [-0.2, 0) is 11.3 Å². The minimum atomic E-state index is -0.390. The molecule has 0 unspecified atom stereocenters. The lowest BCUT2D eigenvalue weighted by atomic mass is 10.1. The highest BCUT2D eigenvalue weighted by atomic mass is 32.2. The van der Waals surface area contributed by atoms with Gasteiger partial charge in [0.1, 0.15) is 0 Å². The third kappa shape index (κ3) is 5.25. The maximum absolute atomic E-state index is 12.4. The molecule has 3 nitrogen and oxygen atoms in total. The summed E-state index contributed by atoms with van der Waals surface area (Å²) in [6.07, 6.45) is 2.76. The highest BCUT2D eigenvalue weighted by molar-refractivity contribution is 7.98. The minimum Gasteiger partial charge on any atom is -0.335 e. The number of nitrogens with two attached hydrogens (primary N) is 1. The first kappa shape index (κ1) is 16.1. The zero-order chi connectivity index (χ0) is 14.3. The molecule has 106 valence electrons. The Bertz CT molecular complexity index is 381. The number of thioether (sulfide) groups is 1. The Morgan fingerprint density at radius 3 is 2.47 bits per heavy atom. The van der Waals surface area contributed by atoms with Crippen LogP contribution >= 0.6 is 11.8 Å². The summed E-state index contributed by atoms with van der Waals surface area (Å²) in [6, 6.07) is 9.81. The molecule has 2 N–H and O–H groups in total. The van der Waals surface area contributed by atoms with Crippen LogP contribution in [0.5, 0.6) is 0 Å². The van der Waals surface area contributed by atoms with E-state index < -0.39 is 6.04 Å². The monoisotopic (exact) mass is 280 g/mol. The van der Waals surface area contributed by atoms with E-state index in [1.807, 2.05) is 55.3 Å². The van der Waals surface area contributed by atoms with Crippen LogP contribution in [0.25, 0.3) is 0 Å². The van der Waals surface area contributed by atoms with Crippen LogP contribution in [0.15, 0.2) is 30.3 Å². The normalized spacial score (nSPS) is 12.5. The molecule has 1 aromatic carbocycles. The van der Waals surface area contributed by atoms with E-state index in [2.05, 4.69) is 0 Å². The van der Waals surface area contributed by atoms with Gasteiger partial charge >= 0.3 is 0 Å². The lowest BCUT2D eigenvalue weighted by Crippen LogP contribution is -2.46. The number of amides is 1. The van der Waals surface area contributed by atoms with Crippen molar-refractivity contribution in [3.8, 4) is 0 Å². The van der Waals surface area contributed by atoms with E-state index >= 15 is 0 Å². The van der Waals surface area contributed by atoms with Gasteiger partial charge in [0.15, 0.2) is 0 Å². The molecule has 0 saturated carbocycles. The Morgan fingerprint density at radius 2 is 1.95 bits per heavy atom. The van der Waals surface area contributed by atoms with E-state index in [1.165, 1.54) is 0 Å². The topological polar surface area (TPSA) is 46.3 Å². The Morgan fingerprint density at radius 1 is 1.32 bits per heavy atom. The van der Waals surface area contributed by atoms with Crippen LogP contribution in [0.1, 0.15) is 25.8 Å². The summed E-state index contributed by atoms with van der Waals surface area (Å²) >= 11 is 1.72. The smallest absolute Gasteiger partial charge is 0.240 e. The Kier molecular flexibility index (Phi) is 6.95. The Hall–Kier alpha value is -1.00. The minimum absolute atomic E-state index is 0.0490. The van der Waals surface area contributed by atoms with Crippen LogP contribution < -0.4 is 5.73 Å². The summed E-state index contributed by atoms with van der Waals surface area (Å²) in [5.74, 6) is 0.970. The number of carbonyl (C=O) groups excluding carboxylic acids is 1. The van der Waals surface area contributed by atoms with E-state index in [0.29, 0.717) is 6.54 Å². The summed E-state index contributed by atoms with van der Waals surface area (Å²) in [7, 11) is 0. The first-order valence-electron chi connectivity index (χ1n) is 6.65. The first-order chi connectivity index (χ1) is 9.06. The van der Waals surface area contributed by atoms with Gasteiger partial charge in [-0.2, -0.15) is 11.8 Å². The summed E-state index contributed by atoms with van der Waals surface area (Å²) < 4.78 is 0. The molecule has 0 radical (unpaired) electrons. The quantitative estimate of drug-likeness (QED) is 0.835. The average Bonchev–Trinajstić information content (AvgIpc) is 2.42. The van der Waals surface area contributed by atoms with Gasteiger partial charge in [0.2, 0.25) is 5.91 Å². The molecule has 19 heavy (non-hydrogen) atoms. The number of nitrogens with zero attached hydrogens (tertiary/aromatic N) is 1. The molecule has 1 atom stereocenters. The van der Waals surface area contributed by atoms with Crippen LogP contribution in [0.2, 0.25) is 0 Å². The van der Waals surface area contributed by atoms with E-state index in [-0.39, 0.29) is 11.9 Å². The molecule has 1 aromatic rings. The zero-order valence-electron chi connectivity index (χ0n) is 12.0. The molecule has 1 rings (SSSR count). The van der Waals surface area contributed by atoms with Crippen LogP contribution in [-0.4, -0.2) is 34.9 Å². The molecular formula is C15H24N2OS. The average molecular weight is 280 g/mol. The molecule has 0 spiro atoms. The second-order valence-electron chi connectivity index (χ2n) is 4.93. The van der Waals surface area contributed by atoms with Crippen molar-refractivity contribution >= 4 is 17.7 Å². The van der Waals surface area contributed by atoms with Crippen LogP contribution in [0, 0.1) is 0 Å². The van der Waals surface area contributed by atoms with Crippen molar-refractivity contribution < 1.29 is 4.79 Å². The van der Waals surface area contributed by atoms with E-state index in [9.17, 15) is 4.79 Å². The first-order valence-corrected chi connectivity index (χ1v) is 8.04. The summed E-state index contributed by atoms with van der Waals surface area (Å²) in [4.78, 5) is 14.2. The number of carbonyl (C=O) groups is 1. The van der Waals surface area contributed by atoms with Gasteiger partial charge in [-0.05, 0) is 37.8 Å². The van der Waals surface area contributed by atoms with Gasteiger partial charge in [-0.15, -0.1) is 0 Å². The third-order valence-corrected chi connectivity index (χ3v) is 3.70. The molecule has 0 aliphatic heterocycles. The van der Waals surface area contributed by atoms with Crippen molar-refractivity contribution in [1.29, 1.82) is 0 Å². The lowest BCUT2D eigenvalue weighted by Gasteiger charge is -2.29. The molecule has 4 heteroatoms. The molecule has 0 bridgehead atoms. The lowest BCUT2D eigenvalue weighted by molar-refractivity contribution is -0.135. The fourth-order valence-electron chi connectivity index (χ4n) is 1.88. The van der Waals surface area contributed by atoms with Crippen molar-refractivity contribution in [3.63, 3.8) is 0 Å². The van der Waals surface area contributed by atoms with E-state index in [0.717, 1.165) is 17.7 Å². The van der Waals surface area contributed by atoms with Gasteiger partial charge < -0.3 is 10.6 Å². The number of hydrogen-bond acceptors (Lipinski definition) is 3. The molecule has 0 saturated heterocycles. The molecule has 0 aliphatic rings. The number of benzene rings is 1. The van der Waals surface area contributed by atoms with Crippen molar-refractivity contribution in [2.75, 3.05) is 12.0 Å². The zero-order valence-corrected chi connectivity index (χ0v) is 12.8. The summed E-state index contributed by atoms with van der Waals surface area (Å²) in [5.41, 5.74) is 7.13. The second-order valence-corrected chi connectivity index (χ2v) is 5.92. The van der Waals surface area contributed by atoms with E-state index in [4.69, 9.17) is 5.73 Å². The van der Waals surface area contributed by atoms with E-state index in [1.54, 1.807) is 11.8 Å². The van der Waals surface area contributed by atoms with Gasteiger partial charge in [-0.25, -0.2) is 0 Å². The largest absolute Gasteiger partial charge is 0.335 e. The Labute approximate surface area is 120 Å². The molecular weight excluding hydrogens is 256 g/mol. The molecule has 0 heterocycles. The Balaban J connectivity index is 2.69. The second kappa shape index (κ2) is 8.23. The maximum atomic E-state index is 12.4. The van der Waals surface area contributed by atoms with Gasteiger partial charge in [-0.3, -0.25) is 4.79 Å². The van der Waals surface area contributed by atoms with Gasteiger partial charge in [-0.1, -0.05) is 30.3 Å². The maximum Gasteiger partial charge on any atom is 0.240 e. The van der Waals surface area contributed by atoms with Crippen molar-refractivity contribution in [2.24, 2.45) is 5.73 Å². The predicted molar refractivity (Wildman–Crippen MR) is 83.1 cm³/mol. The van der Waals surface area contributed by atoms with Crippen LogP contribution in [0.3, 0.4) is 0 Å². The third-order valence-electron chi connectivity index (χ3n) is 3.05. The molecule has 1 amide bonds. The predicted octanol–water partition coefficient (Wildman–Crippen LogP) is 2.50. The molecule has 0 aromatic heterocycles. The van der Waals surface area contributed by atoms with Crippen molar-refractivity contribution in [3.05, 3.63) is 35.9 Å². The standard InChI is InChI=1S/C15H24N2OS/c1-12(2)17(11-13-7-5-4-6-8-13)15(18)14(16)9-10-19-3/h4-8,12,14H,9-11,16H2,1-3H3/t14-/m0/s1. The van der Waals surface area contributed by atoms with Gasteiger partial charge in [0.25, 0.3) is 0 Å². The van der Waals surface area contributed by atoms with Crippen molar-refractivity contribution in [1.82, 2.24) is 4.90 Å². The van der Waals surface area contributed by atoms with Crippen molar-refractivity contribution in [2.45, 2.75) is 38.9 Å². The highest BCUT2D eigenvalue weighted by Crippen LogP contribution is 2.11. The fourth-order valence-corrected chi connectivity index (χ4v) is 2.37. The van der Waals surface area contributed by atoms with Gasteiger partial charge in [0.05, 0.1) is 6.04 Å². The fraction of sp³-hybridized carbons (Fsp3) is 0.533. The SMILES string of the molecule is CSCC[C@H](N)C(=O)N(Cc1ccccc1)C(C)C. The number of hydrogen-bond donors (Lipinski definition) is 1. The van der Waals surface area contributed by atoms with Crippen LogP contribution in [0.4, 0.5) is 0 Å². The molecule has 0 fully saturated rings. The summed E-state index contributed by atoms with van der Waals surface area (Å²) in [5, 5.41) is 0. The number of rotatable bonds is 7. The summed E-state index contributed by atoms with van der Waals surface area (Å²) in [6.45, 7) is 4.69. The van der Waals surface area contributed by atoms with Gasteiger partial charge in [0, 0.05) is 12.6 Å². The molecule has 0 aliphatic carbocycles.